The second kappa shape index (κ2) is 24.9. The number of nitrogens with zero attached hydrogens (tertiary/aromatic N) is 3. The van der Waals surface area contributed by atoms with Crippen molar-refractivity contribution < 1.29 is 48.1 Å². The zero-order valence-electron chi connectivity index (χ0n) is 43.5. The van der Waals surface area contributed by atoms with E-state index in [9.17, 15) is 28.8 Å². The number of likely N-dealkylation sites (N-methyl/N-ethyl adjacent to an activating group) is 2. The molecule has 1 N–H and O–H groups in total. The summed E-state index contributed by atoms with van der Waals surface area (Å²) >= 11 is 0. The molecule has 68 heavy (non-hydrogen) atoms. The fraction of sp³-hybridized carbons (Fsp3) is 0.782. The zero-order chi connectivity index (χ0) is 50.0. The van der Waals surface area contributed by atoms with Crippen LogP contribution < -0.4 is 0 Å². The lowest BCUT2D eigenvalue weighted by molar-refractivity contribution is -0.191. The molecule has 0 unspecified atom stereocenters. The van der Waals surface area contributed by atoms with Gasteiger partial charge in [0, 0.05) is 58.9 Å². The van der Waals surface area contributed by atoms with E-state index in [0.717, 1.165) is 37.7 Å². The number of esters is 1. The van der Waals surface area contributed by atoms with Crippen molar-refractivity contribution in [3.8, 4) is 0 Å². The Balaban J connectivity index is 1.28. The first-order valence-electron chi connectivity index (χ1n) is 26.1. The summed E-state index contributed by atoms with van der Waals surface area (Å²) in [7, 11) is 6.75. The second-order valence-corrected chi connectivity index (χ2v) is 22.4. The number of hydrogen-bond acceptors (Lipinski definition) is 10. The van der Waals surface area contributed by atoms with Gasteiger partial charge in [-0.15, -0.1) is 0 Å². The monoisotopic (exact) mass is 950 g/mol. The highest BCUT2D eigenvalue weighted by Gasteiger charge is 2.54. The van der Waals surface area contributed by atoms with E-state index in [1.54, 1.807) is 26.2 Å². The average Bonchev–Trinajstić information content (AvgIpc) is 3.76. The van der Waals surface area contributed by atoms with Gasteiger partial charge in [-0.2, -0.15) is 0 Å². The van der Waals surface area contributed by atoms with Gasteiger partial charge >= 0.3 is 11.9 Å². The van der Waals surface area contributed by atoms with Crippen LogP contribution in [-0.2, 0) is 49.4 Å². The number of hydrogen-bond donors (Lipinski definition) is 1. The predicted octanol–water partition coefficient (Wildman–Crippen LogP) is 8.29. The smallest absolute Gasteiger partial charge is 0.310 e. The van der Waals surface area contributed by atoms with Crippen molar-refractivity contribution in [3.63, 3.8) is 0 Å². The molecule has 2 amide bonds. The first kappa shape index (κ1) is 55.2. The summed E-state index contributed by atoms with van der Waals surface area (Å²) in [5.74, 6) is -1.87. The Morgan fingerprint density at radius 1 is 0.824 bits per heavy atom. The van der Waals surface area contributed by atoms with E-state index in [4.69, 9.17) is 19.3 Å². The molecule has 4 bridgehead atoms. The van der Waals surface area contributed by atoms with E-state index in [1.165, 1.54) is 19.3 Å². The van der Waals surface area contributed by atoms with Crippen LogP contribution in [0.4, 0.5) is 0 Å². The average molecular weight is 950 g/mol. The number of carbonyl (C=O) groups is 6. The third-order valence-corrected chi connectivity index (χ3v) is 16.6. The van der Waals surface area contributed by atoms with Gasteiger partial charge in [0.15, 0.2) is 5.78 Å². The number of likely N-dealkylation sites (tertiary alicyclic amines) is 1. The molecular weight excluding hydrogens is 863 g/mol. The fourth-order valence-electron chi connectivity index (χ4n) is 13.3. The maximum absolute atomic E-state index is 14.6. The van der Waals surface area contributed by atoms with E-state index in [-0.39, 0.29) is 78.8 Å². The van der Waals surface area contributed by atoms with E-state index in [0.29, 0.717) is 50.1 Å². The summed E-state index contributed by atoms with van der Waals surface area (Å²) in [6, 6.07) is 8.52. The minimum atomic E-state index is -0.877. The Bertz CT molecular complexity index is 1820. The quantitative estimate of drug-likeness (QED) is 0.0806. The van der Waals surface area contributed by atoms with E-state index in [2.05, 4.69) is 6.92 Å². The van der Waals surface area contributed by atoms with Gasteiger partial charge in [0.05, 0.1) is 42.7 Å². The highest BCUT2D eigenvalue weighted by Crippen LogP contribution is 2.57. The van der Waals surface area contributed by atoms with Crippen LogP contribution in [0.2, 0.25) is 0 Å². The Labute approximate surface area is 408 Å². The van der Waals surface area contributed by atoms with Crippen molar-refractivity contribution in [2.75, 3.05) is 41.4 Å². The predicted molar refractivity (Wildman–Crippen MR) is 262 cm³/mol. The lowest BCUT2D eigenvalue weighted by Gasteiger charge is -2.55. The van der Waals surface area contributed by atoms with E-state index >= 15 is 0 Å². The Morgan fingerprint density at radius 2 is 1.44 bits per heavy atom. The van der Waals surface area contributed by atoms with Crippen LogP contribution >= 0.6 is 0 Å². The Morgan fingerprint density at radius 3 is 1.97 bits per heavy atom. The molecule has 1 aromatic rings. The molecule has 0 radical (unpaired) electrons. The molecule has 4 saturated carbocycles. The zero-order valence-corrected chi connectivity index (χ0v) is 43.5. The van der Waals surface area contributed by atoms with Crippen LogP contribution in [-0.4, -0.2) is 132 Å². The van der Waals surface area contributed by atoms with Gasteiger partial charge in [0.2, 0.25) is 11.8 Å². The molecule has 1 aliphatic heterocycles. The van der Waals surface area contributed by atoms with Crippen molar-refractivity contribution >= 4 is 35.3 Å². The minimum absolute atomic E-state index is 0.00946. The number of benzene rings is 1. The van der Waals surface area contributed by atoms with E-state index in [1.807, 2.05) is 88.7 Å². The first-order chi connectivity index (χ1) is 32.2. The number of methoxy groups -OCH3 is 2. The molecule has 0 aromatic heterocycles. The number of carbonyl (C=O) groups excluding carboxylic acids is 5. The van der Waals surface area contributed by atoms with Gasteiger partial charge in [-0.25, -0.2) is 0 Å². The summed E-state index contributed by atoms with van der Waals surface area (Å²) in [5.41, 5.74) is 0.566. The third kappa shape index (κ3) is 13.8. The second-order valence-electron chi connectivity index (χ2n) is 22.4. The van der Waals surface area contributed by atoms with Gasteiger partial charge in [0.25, 0.3) is 0 Å². The molecule has 6 rings (SSSR count). The number of ether oxygens (including phenoxy) is 3. The van der Waals surface area contributed by atoms with Crippen molar-refractivity contribution in [1.82, 2.24) is 14.7 Å². The highest BCUT2D eigenvalue weighted by atomic mass is 16.6. The Kier molecular flexibility index (Phi) is 20.3. The number of carboxylic acids is 1. The molecule has 1 heterocycles. The molecule has 4 aliphatic carbocycles. The molecule has 1 saturated heterocycles. The van der Waals surface area contributed by atoms with Crippen molar-refractivity contribution in [1.29, 1.82) is 0 Å². The molecule has 5 fully saturated rings. The SMILES string of the molecule is CC[C@H](C)[C@@H]([C@@H](CC(=O)N1CCC[C@H]1[C@H](OC)[C@@H](C)C(=O)C[C@@H](Cc1ccccc1)C(=O)OC12CC3CC(CC(C3)C1)C2)OC)N(C)C(=O)[C@@H](CC(=O)[C@H](C(C)C)N(C)CCCC(=O)O)C(C)C. The van der Waals surface area contributed by atoms with Gasteiger partial charge < -0.3 is 29.1 Å². The normalized spacial score (nSPS) is 25.7. The number of rotatable bonds is 28. The van der Waals surface area contributed by atoms with Crippen LogP contribution in [0.3, 0.4) is 0 Å². The molecule has 382 valence electrons. The largest absolute Gasteiger partial charge is 0.481 e. The Hall–Kier alpha value is -3.68. The summed E-state index contributed by atoms with van der Waals surface area (Å²) in [6.45, 7) is 14.7. The molecule has 9 atom stereocenters. The first-order valence-corrected chi connectivity index (χ1v) is 26.1. The van der Waals surface area contributed by atoms with Crippen molar-refractivity contribution in [2.45, 2.75) is 181 Å². The van der Waals surface area contributed by atoms with Crippen LogP contribution in [0.1, 0.15) is 144 Å². The van der Waals surface area contributed by atoms with Crippen molar-refractivity contribution in [3.05, 3.63) is 35.9 Å². The number of aliphatic carboxylic acids is 1. The third-order valence-electron chi connectivity index (χ3n) is 16.6. The molecule has 0 spiro atoms. The number of Topliss-reactive ketones (excluding diaryl/α,β-unsaturated/α-hetero) is 2. The lowest BCUT2D eigenvalue weighted by Crippen LogP contribution is -2.54. The molecular formula is C55H87N3O10. The lowest BCUT2D eigenvalue weighted by atomic mass is 9.54. The standard InChI is InChI=1S/C55H87N3O10/c1-12-36(6)51(57(9)53(64)43(34(2)3)29-46(60)50(35(4)5)56(8)22-17-21-49(62)63)47(66-10)30-48(61)58-23-16-20-44(58)52(67-11)37(7)45(59)28-42(27-38-18-14-13-15-19-38)54(65)68-55-31-39-24-40(32-55)26-41(25-39)33-55/h13-15,18-19,34-37,39-44,47,50-52H,12,16-17,20-33H2,1-11H3,(H,62,63)/t36-,37-,39?,40?,41?,42+,43-,44-,47+,50-,51-,52+,55?/m0/s1. The summed E-state index contributed by atoms with van der Waals surface area (Å²) < 4.78 is 18.8. The van der Waals surface area contributed by atoms with Crippen LogP contribution in [0.5, 0.6) is 0 Å². The van der Waals surface area contributed by atoms with Gasteiger partial charge in [-0.1, -0.05) is 85.2 Å². The van der Waals surface area contributed by atoms with Crippen LogP contribution in [0.25, 0.3) is 0 Å². The number of ketones is 2. The fourth-order valence-corrected chi connectivity index (χ4v) is 13.3. The van der Waals surface area contributed by atoms with Gasteiger partial charge in [-0.05, 0) is 119 Å². The number of amides is 2. The molecule has 13 nitrogen and oxygen atoms in total. The number of carboxylic acid groups (broad SMARTS) is 1. The van der Waals surface area contributed by atoms with Crippen LogP contribution in [0, 0.1) is 53.3 Å². The maximum Gasteiger partial charge on any atom is 0.310 e. The molecule has 13 heteroatoms. The van der Waals surface area contributed by atoms with Gasteiger partial charge in [-0.3, -0.25) is 33.7 Å². The minimum Gasteiger partial charge on any atom is -0.481 e. The summed E-state index contributed by atoms with van der Waals surface area (Å²) in [6.07, 6.45) is 8.27. The molecule has 1 aromatic carbocycles. The van der Waals surface area contributed by atoms with Gasteiger partial charge in [0.1, 0.15) is 11.4 Å². The molecule has 5 aliphatic rings. The summed E-state index contributed by atoms with van der Waals surface area (Å²) in [5, 5.41) is 9.17. The highest BCUT2D eigenvalue weighted by molar-refractivity contribution is 5.90. The maximum atomic E-state index is 14.6. The topological polar surface area (TPSA) is 160 Å². The van der Waals surface area contributed by atoms with E-state index < -0.39 is 53.6 Å². The summed E-state index contributed by atoms with van der Waals surface area (Å²) in [4.78, 5) is 88.6. The van der Waals surface area contributed by atoms with Crippen molar-refractivity contribution in [2.24, 2.45) is 53.3 Å². The van der Waals surface area contributed by atoms with Crippen LogP contribution in [0.15, 0.2) is 30.3 Å².